The first-order valence-electron chi connectivity index (χ1n) is 7.17. The van der Waals surface area contributed by atoms with Gasteiger partial charge >= 0.3 is 0 Å². The molecule has 0 aliphatic carbocycles. The smallest absolute Gasteiger partial charge is 0.279 e. The Bertz CT molecular complexity index is 633. The lowest BCUT2D eigenvalue weighted by Gasteiger charge is -2.14. The quantitative estimate of drug-likeness (QED) is 0.873. The minimum absolute atomic E-state index is 0.0602. The predicted octanol–water partition coefficient (Wildman–Crippen LogP) is 2.33. The lowest BCUT2D eigenvalue weighted by atomic mass is 10.1. The van der Waals surface area contributed by atoms with E-state index in [0.717, 1.165) is 12.2 Å². The van der Waals surface area contributed by atoms with Crippen LogP contribution in [0, 0.1) is 20.8 Å². The number of amides is 1. The average Bonchev–Trinajstić information content (AvgIpc) is 2.79. The summed E-state index contributed by atoms with van der Waals surface area (Å²) in [6.07, 6.45) is 0. The maximum atomic E-state index is 12.1. The van der Waals surface area contributed by atoms with Gasteiger partial charge < -0.3 is 10.2 Å². The van der Waals surface area contributed by atoms with Gasteiger partial charge in [-0.3, -0.25) is 4.79 Å². The molecule has 1 amide bonds. The van der Waals surface area contributed by atoms with E-state index in [4.69, 9.17) is 0 Å². The Hall–Kier alpha value is -1.65. The Balaban J connectivity index is 1.89. The molecular weight excluding hydrogens is 280 g/mol. The largest absolute Gasteiger partial charge is 0.325 e. The van der Waals surface area contributed by atoms with Crippen molar-refractivity contribution in [1.29, 1.82) is 0 Å². The average molecular weight is 303 g/mol. The number of rotatable bonds is 5. The minimum atomic E-state index is 0.0602. The summed E-state index contributed by atoms with van der Waals surface area (Å²) in [5.74, 6) is 0.0602. The van der Waals surface area contributed by atoms with Crippen LogP contribution in [0.4, 0.5) is 5.69 Å². The predicted molar refractivity (Wildman–Crippen MR) is 89.1 cm³/mol. The molecule has 0 saturated heterocycles. The molecule has 0 spiro atoms. The number of quaternary nitrogens is 1. The van der Waals surface area contributed by atoms with Crippen LogP contribution in [0.25, 0.3) is 0 Å². The molecule has 0 saturated carbocycles. The zero-order chi connectivity index (χ0) is 15.4. The van der Waals surface area contributed by atoms with Crippen LogP contribution in [0.2, 0.25) is 0 Å². The second kappa shape index (κ2) is 6.87. The molecule has 0 aliphatic heterocycles. The number of nitrogens with one attached hydrogen (secondary N) is 2. The molecule has 0 fully saturated rings. The van der Waals surface area contributed by atoms with Crippen molar-refractivity contribution in [3.05, 3.63) is 51.2 Å². The normalized spacial score (nSPS) is 12.2. The van der Waals surface area contributed by atoms with E-state index in [0.29, 0.717) is 6.54 Å². The van der Waals surface area contributed by atoms with Crippen molar-refractivity contribution in [3.8, 4) is 0 Å². The third-order valence-corrected chi connectivity index (χ3v) is 4.71. The summed E-state index contributed by atoms with van der Waals surface area (Å²) in [6, 6.07) is 8.14. The van der Waals surface area contributed by atoms with Gasteiger partial charge in [-0.05, 0) is 61.0 Å². The van der Waals surface area contributed by atoms with Crippen molar-refractivity contribution in [3.63, 3.8) is 0 Å². The van der Waals surface area contributed by atoms with Crippen LogP contribution in [-0.2, 0) is 11.3 Å². The molecule has 2 N–H and O–H groups in total. The standard InChI is InChI=1S/C17H22N2OS/c1-12-5-6-15(9-14(12)3)18-17(20)11-19(4)10-16-13(2)7-8-21-16/h5-9H,10-11H2,1-4H3,(H,18,20)/p+1. The second-order valence-electron chi connectivity index (χ2n) is 5.68. The number of hydrogen-bond donors (Lipinski definition) is 2. The Morgan fingerprint density at radius 2 is 1.90 bits per heavy atom. The molecule has 2 rings (SSSR count). The van der Waals surface area contributed by atoms with Crippen molar-refractivity contribution >= 4 is 22.9 Å². The van der Waals surface area contributed by atoms with E-state index in [1.807, 2.05) is 18.2 Å². The Morgan fingerprint density at radius 3 is 2.52 bits per heavy atom. The van der Waals surface area contributed by atoms with Gasteiger partial charge in [-0.15, -0.1) is 11.3 Å². The van der Waals surface area contributed by atoms with E-state index in [1.54, 1.807) is 11.3 Å². The molecule has 0 bridgehead atoms. The lowest BCUT2D eigenvalue weighted by molar-refractivity contribution is -0.884. The second-order valence-corrected chi connectivity index (χ2v) is 6.69. The third kappa shape index (κ3) is 4.41. The topological polar surface area (TPSA) is 33.5 Å². The molecule has 1 atom stereocenters. The van der Waals surface area contributed by atoms with Crippen LogP contribution in [0.1, 0.15) is 21.6 Å². The van der Waals surface area contributed by atoms with E-state index >= 15 is 0 Å². The summed E-state index contributed by atoms with van der Waals surface area (Å²) in [5.41, 5.74) is 4.63. The highest BCUT2D eigenvalue weighted by Crippen LogP contribution is 2.14. The molecule has 21 heavy (non-hydrogen) atoms. The van der Waals surface area contributed by atoms with Gasteiger partial charge in [0.05, 0.1) is 11.9 Å². The SMILES string of the molecule is Cc1ccc(NC(=O)C[NH+](C)Cc2sccc2C)cc1C. The number of likely N-dealkylation sites (N-methyl/N-ethyl adjacent to an activating group) is 1. The molecule has 2 aromatic rings. The third-order valence-electron chi connectivity index (χ3n) is 3.68. The molecule has 1 heterocycles. The number of anilines is 1. The van der Waals surface area contributed by atoms with Crippen molar-refractivity contribution in [1.82, 2.24) is 0 Å². The van der Waals surface area contributed by atoms with Crippen molar-refractivity contribution in [2.75, 3.05) is 18.9 Å². The van der Waals surface area contributed by atoms with Crippen LogP contribution in [0.3, 0.4) is 0 Å². The zero-order valence-corrected chi connectivity index (χ0v) is 13.9. The Labute approximate surface area is 130 Å². The molecule has 3 nitrogen and oxygen atoms in total. The van der Waals surface area contributed by atoms with E-state index in [-0.39, 0.29) is 5.91 Å². The Morgan fingerprint density at radius 1 is 1.14 bits per heavy atom. The number of carbonyl (C=O) groups is 1. The van der Waals surface area contributed by atoms with Gasteiger partial charge in [0.15, 0.2) is 6.54 Å². The first kappa shape index (κ1) is 15.7. The van der Waals surface area contributed by atoms with Gasteiger partial charge in [0.1, 0.15) is 6.54 Å². The van der Waals surface area contributed by atoms with Crippen LogP contribution in [-0.4, -0.2) is 19.5 Å². The van der Waals surface area contributed by atoms with Crippen LogP contribution < -0.4 is 10.2 Å². The van der Waals surface area contributed by atoms with E-state index in [2.05, 4.69) is 44.6 Å². The number of hydrogen-bond acceptors (Lipinski definition) is 2. The van der Waals surface area contributed by atoms with Gasteiger partial charge in [-0.1, -0.05) is 6.07 Å². The number of carbonyl (C=O) groups excluding carboxylic acids is 1. The van der Waals surface area contributed by atoms with Gasteiger partial charge in [0, 0.05) is 5.69 Å². The maximum absolute atomic E-state index is 12.1. The van der Waals surface area contributed by atoms with Crippen LogP contribution >= 0.6 is 11.3 Å². The fraction of sp³-hybridized carbons (Fsp3) is 0.353. The highest BCUT2D eigenvalue weighted by molar-refractivity contribution is 7.10. The number of aryl methyl sites for hydroxylation is 3. The minimum Gasteiger partial charge on any atom is -0.325 e. The van der Waals surface area contributed by atoms with Crippen molar-refractivity contribution in [2.45, 2.75) is 27.3 Å². The summed E-state index contributed by atoms with van der Waals surface area (Å²) in [5, 5.41) is 5.08. The highest BCUT2D eigenvalue weighted by Gasteiger charge is 2.13. The van der Waals surface area contributed by atoms with Crippen molar-refractivity contribution < 1.29 is 9.69 Å². The first-order valence-corrected chi connectivity index (χ1v) is 8.05. The maximum Gasteiger partial charge on any atom is 0.279 e. The zero-order valence-electron chi connectivity index (χ0n) is 13.1. The molecular formula is C17H23N2OS+. The van der Waals surface area contributed by atoms with Gasteiger partial charge in [0.2, 0.25) is 0 Å². The summed E-state index contributed by atoms with van der Waals surface area (Å²) in [4.78, 5) is 14.7. The molecule has 1 aromatic carbocycles. The molecule has 0 radical (unpaired) electrons. The molecule has 4 heteroatoms. The lowest BCUT2D eigenvalue weighted by Crippen LogP contribution is -3.08. The molecule has 1 unspecified atom stereocenters. The van der Waals surface area contributed by atoms with E-state index in [1.165, 1.54) is 26.5 Å². The van der Waals surface area contributed by atoms with Crippen LogP contribution in [0.5, 0.6) is 0 Å². The van der Waals surface area contributed by atoms with E-state index in [9.17, 15) is 4.79 Å². The fourth-order valence-corrected chi connectivity index (χ4v) is 3.24. The highest BCUT2D eigenvalue weighted by atomic mass is 32.1. The summed E-state index contributed by atoms with van der Waals surface area (Å²) >= 11 is 1.76. The molecule has 1 aromatic heterocycles. The molecule has 0 aliphatic rings. The molecule has 112 valence electrons. The number of benzene rings is 1. The van der Waals surface area contributed by atoms with E-state index < -0.39 is 0 Å². The summed E-state index contributed by atoms with van der Waals surface area (Å²) in [7, 11) is 2.05. The van der Waals surface area contributed by atoms with Crippen LogP contribution in [0.15, 0.2) is 29.6 Å². The van der Waals surface area contributed by atoms with Crippen molar-refractivity contribution in [2.24, 2.45) is 0 Å². The monoisotopic (exact) mass is 303 g/mol. The Kier molecular flexibility index (Phi) is 5.15. The fourth-order valence-electron chi connectivity index (χ4n) is 2.22. The summed E-state index contributed by atoms with van der Waals surface area (Å²) < 4.78 is 0. The van der Waals surface area contributed by atoms with Gasteiger partial charge in [-0.2, -0.15) is 0 Å². The van der Waals surface area contributed by atoms with Gasteiger partial charge in [-0.25, -0.2) is 0 Å². The van der Waals surface area contributed by atoms with Gasteiger partial charge in [0.25, 0.3) is 5.91 Å². The summed E-state index contributed by atoms with van der Waals surface area (Å²) in [6.45, 7) is 7.62. The first-order chi connectivity index (χ1) is 9.95. The number of thiophene rings is 1.